The van der Waals surface area contributed by atoms with Crippen molar-refractivity contribution in [1.82, 2.24) is 15.2 Å². The van der Waals surface area contributed by atoms with Crippen LogP contribution in [0.15, 0.2) is 30.5 Å². The number of aromatic nitrogens is 1. The van der Waals surface area contributed by atoms with Gasteiger partial charge in [0.25, 0.3) is 0 Å². The van der Waals surface area contributed by atoms with E-state index in [-0.39, 0.29) is 11.8 Å². The average molecular weight is 314 g/mol. The zero-order valence-electron chi connectivity index (χ0n) is 13.9. The second kappa shape index (κ2) is 7.59. The maximum absolute atomic E-state index is 12.3. The second-order valence-electron chi connectivity index (χ2n) is 6.48. The number of likely N-dealkylation sites (N-methyl/N-ethyl adjacent to an activating group) is 1. The molecule has 2 heterocycles. The van der Waals surface area contributed by atoms with Crippen LogP contribution in [0.25, 0.3) is 0 Å². The van der Waals surface area contributed by atoms with Gasteiger partial charge in [-0.25, -0.2) is 4.98 Å². The summed E-state index contributed by atoms with van der Waals surface area (Å²) in [5.74, 6) is 1.32. The number of allylic oxidation sites excluding steroid dienone is 2. The van der Waals surface area contributed by atoms with Gasteiger partial charge in [0.2, 0.25) is 5.91 Å². The number of nitrogens with one attached hydrogen (secondary N) is 1. The molecular weight excluding hydrogens is 288 g/mol. The van der Waals surface area contributed by atoms with Gasteiger partial charge in [-0.05, 0) is 32.4 Å². The Hall–Kier alpha value is -1.88. The standard InChI is InChI=1S/C18H26N4O/c1-21-10-12-22(13-11-21)17-16(8-5-9-19-17)14-20-18(23)15-6-3-2-4-7-15/h2-3,5,8-9,15H,4,6-7,10-14H2,1H3,(H,20,23). The lowest BCUT2D eigenvalue weighted by molar-refractivity contribution is -0.125. The van der Waals surface area contributed by atoms with E-state index in [2.05, 4.69) is 45.4 Å². The Balaban J connectivity index is 1.61. The van der Waals surface area contributed by atoms with Crippen LogP contribution in [-0.2, 0) is 11.3 Å². The number of anilines is 1. The molecule has 0 bridgehead atoms. The van der Waals surface area contributed by atoms with Gasteiger partial charge in [-0.3, -0.25) is 4.79 Å². The number of pyridine rings is 1. The minimum absolute atomic E-state index is 0.128. The molecule has 1 aromatic rings. The van der Waals surface area contributed by atoms with Gasteiger partial charge in [-0.15, -0.1) is 0 Å². The number of carbonyl (C=O) groups is 1. The monoisotopic (exact) mass is 314 g/mol. The summed E-state index contributed by atoms with van der Waals surface area (Å²) in [6.07, 6.45) is 8.96. The van der Waals surface area contributed by atoms with Crippen molar-refractivity contribution in [2.24, 2.45) is 5.92 Å². The summed E-state index contributed by atoms with van der Waals surface area (Å²) >= 11 is 0. The van der Waals surface area contributed by atoms with E-state index in [0.29, 0.717) is 6.54 Å². The maximum Gasteiger partial charge on any atom is 0.223 e. The summed E-state index contributed by atoms with van der Waals surface area (Å²) in [5.41, 5.74) is 1.11. The molecule has 1 atom stereocenters. The van der Waals surface area contributed by atoms with Crippen molar-refractivity contribution in [3.05, 3.63) is 36.0 Å². The Labute approximate surface area is 138 Å². The number of piperazine rings is 1. The van der Waals surface area contributed by atoms with Gasteiger partial charge >= 0.3 is 0 Å². The lowest BCUT2D eigenvalue weighted by atomic mass is 9.93. The van der Waals surface area contributed by atoms with Crippen LogP contribution in [0.2, 0.25) is 0 Å². The molecule has 1 saturated heterocycles. The summed E-state index contributed by atoms with van der Waals surface area (Å²) in [7, 11) is 2.15. The highest BCUT2D eigenvalue weighted by Gasteiger charge is 2.20. The van der Waals surface area contributed by atoms with Crippen LogP contribution in [0.1, 0.15) is 24.8 Å². The first-order chi connectivity index (χ1) is 11.2. The summed E-state index contributed by atoms with van der Waals surface area (Å²) in [6.45, 7) is 4.64. The van der Waals surface area contributed by atoms with Crippen molar-refractivity contribution in [1.29, 1.82) is 0 Å². The Morgan fingerprint density at radius 2 is 2.13 bits per heavy atom. The molecular formula is C18H26N4O. The highest BCUT2D eigenvalue weighted by atomic mass is 16.1. The van der Waals surface area contributed by atoms with Crippen LogP contribution in [0.5, 0.6) is 0 Å². The van der Waals surface area contributed by atoms with Crippen molar-refractivity contribution in [3.63, 3.8) is 0 Å². The second-order valence-corrected chi connectivity index (χ2v) is 6.48. The number of rotatable bonds is 4. The van der Waals surface area contributed by atoms with Crippen molar-refractivity contribution in [2.45, 2.75) is 25.8 Å². The molecule has 1 N–H and O–H groups in total. The van der Waals surface area contributed by atoms with Crippen LogP contribution in [-0.4, -0.2) is 49.0 Å². The van der Waals surface area contributed by atoms with Gasteiger partial charge < -0.3 is 15.1 Å². The van der Waals surface area contributed by atoms with Gasteiger partial charge in [0.1, 0.15) is 5.82 Å². The Morgan fingerprint density at radius 3 is 2.87 bits per heavy atom. The molecule has 3 rings (SSSR count). The van der Waals surface area contributed by atoms with E-state index in [1.165, 1.54) is 0 Å². The maximum atomic E-state index is 12.3. The highest BCUT2D eigenvalue weighted by Crippen LogP contribution is 2.20. The molecule has 0 saturated carbocycles. The number of hydrogen-bond donors (Lipinski definition) is 1. The molecule has 2 aliphatic rings. The van der Waals surface area contributed by atoms with Gasteiger partial charge in [0.15, 0.2) is 0 Å². The van der Waals surface area contributed by atoms with Crippen LogP contribution >= 0.6 is 0 Å². The minimum Gasteiger partial charge on any atom is -0.354 e. The molecule has 0 aromatic carbocycles. The number of nitrogens with zero attached hydrogens (tertiary/aromatic N) is 3. The fraction of sp³-hybridized carbons (Fsp3) is 0.556. The van der Waals surface area contributed by atoms with E-state index < -0.39 is 0 Å². The minimum atomic E-state index is 0.128. The van der Waals surface area contributed by atoms with E-state index in [1.54, 1.807) is 0 Å². The van der Waals surface area contributed by atoms with Gasteiger partial charge in [-0.2, -0.15) is 0 Å². The number of amides is 1. The predicted molar refractivity (Wildman–Crippen MR) is 92.3 cm³/mol. The summed E-state index contributed by atoms with van der Waals surface area (Å²) in [6, 6.07) is 4.02. The number of hydrogen-bond acceptors (Lipinski definition) is 4. The third-order valence-corrected chi connectivity index (χ3v) is 4.76. The molecule has 1 aliphatic heterocycles. The first-order valence-electron chi connectivity index (χ1n) is 8.54. The van der Waals surface area contributed by atoms with E-state index in [4.69, 9.17) is 0 Å². The fourth-order valence-electron chi connectivity index (χ4n) is 3.23. The topological polar surface area (TPSA) is 48.5 Å². The quantitative estimate of drug-likeness (QED) is 0.861. The molecule has 5 nitrogen and oxygen atoms in total. The van der Waals surface area contributed by atoms with Crippen LogP contribution in [0.3, 0.4) is 0 Å². The van der Waals surface area contributed by atoms with E-state index in [1.807, 2.05) is 12.3 Å². The zero-order valence-corrected chi connectivity index (χ0v) is 13.9. The lowest BCUT2D eigenvalue weighted by Crippen LogP contribution is -2.45. The van der Waals surface area contributed by atoms with E-state index in [0.717, 1.165) is 56.8 Å². The zero-order chi connectivity index (χ0) is 16.1. The predicted octanol–water partition coefficient (Wildman–Crippen LogP) is 1.81. The smallest absolute Gasteiger partial charge is 0.223 e. The van der Waals surface area contributed by atoms with Gasteiger partial charge in [0, 0.05) is 50.4 Å². The largest absolute Gasteiger partial charge is 0.354 e. The summed E-state index contributed by atoms with van der Waals surface area (Å²) < 4.78 is 0. The van der Waals surface area contributed by atoms with Crippen molar-refractivity contribution >= 4 is 11.7 Å². The normalized spacial score (nSPS) is 22.1. The third-order valence-electron chi connectivity index (χ3n) is 4.76. The Morgan fingerprint density at radius 1 is 1.30 bits per heavy atom. The highest BCUT2D eigenvalue weighted by molar-refractivity contribution is 5.79. The van der Waals surface area contributed by atoms with Gasteiger partial charge in [0.05, 0.1) is 0 Å². The van der Waals surface area contributed by atoms with E-state index >= 15 is 0 Å². The van der Waals surface area contributed by atoms with Crippen molar-refractivity contribution in [2.75, 3.05) is 38.1 Å². The van der Waals surface area contributed by atoms with Crippen LogP contribution in [0.4, 0.5) is 5.82 Å². The summed E-state index contributed by atoms with van der Waals surface area (Å²) in [4.78, 5) is 21.5. The van der Waals surface area contributed by atoms with Crippen molar-refractivity contribution < 1.29 is 4.79 Å². The molecule has 1 aliphatic carbocycles. The molecule has 0 radical (unpaired) electrons. The van der Waals surface area contributed by atoms with Crippen LogP contribution in [0, 0.1) is 5.92 Å². The summed E-state index contributed by atoms with van der Waals surface area (Å²) in [5, 5.41) is 3.11. The SMILES string of the molecule is CN1CCN(c2ncccc2CNC(=O)C2CC=CCC2)CC1. The average Bonchev–Trinajstić information content (AvgIpc) is 2.61. The molecule has 1 amide bonds. The fourth-order valence-corrected chi connectivity index (χ4v) is 3.23. The Bertz CT molecular complexity index is 564. The number of carbonyl (C=O) groups excluding carboxylic acids is 1. The van der Waals surface area contributed by atoms with Crippen molar-refractivity contribution in [3.8, 4) is 0 Å². The first kappa shape index (κ1) is 16.0. The molecule has 1 unspecified atom stereocenters. The molecule has 124 valence electrons. The molecule has 1 aromatic heterocycles. The lowest BCUT2D eigenvalue weighted by Gasteiger charge is -2.34. The third kappa shape index (κ3) is 4.10. The first-order valence-corrected chi connectivity index (χ1v) is 8.54. The molecule has 23 heavy (non-hydrogen) atoms. The Kier molecular flexibility index (Phi) is 5.28. The van der Waals surface area contributed by atoms with E-state index in [9.17, 15) is 4.79 Å². The molecule has 1 fully saturated rings. The van der Waals surface area contributed by atoms with Gasteiger partial charge in [-0.1, -0.05) is 18.2 Å². The van der Waals surface area contributed by atoms with Crippen LogP contribution < -0.4 is 10.2 Å². The molecule has 5 heteroatoms. The molecule has 0 spiro atoms.